The fourth-order valence-corrected chi connectivity index (χ4v) is 0.853. The zero-order valence-corrected chi connectivity index (χ0v) is 6.57. The number of carbonyl (C=O) groups excluding carboxylic acids is 1. The number of carboxylic acid groups (broad SMARTS) is 1. The van der Waals surface area contributed by atoms with Crippen molar-refractivity contribution in [3.8, 4) is 0 Å². The summed E-state index contributed by atoms with van der Waals surface area (Å²) in [6.07, 6.45) is 0. The van der Waals surface area contributed by atoms with Crippen LogP contribution in [-0.2, 0) is 9.59 Å². The summed E-state index contributed by atoms with van der Waals surface area (Å²) < 4.78 is 0. The van der Waals surface area contributed by atoms with E-state index in [1.807, 2.05) is 0 Å². The lowest BCUT2D eigenvalue weighted by atomic mass is 10.6. The van der Waals surface area contributed by atoms with E-state index in [0.29, 0.717) is 5.96 Å². The topological polar surface area (TPSA) is 82.0 Å². The molecule has 0 radical (unpaired) electrons. The third-order valence-corrected chi connectivity index (χ3v) is 1.36. The first-order valence-corrected chi connectivity index (χ1v) is 3.37. The highest BCUT2D eigenvalue weighted by Crippen LogP contribution is 1.93. The lowest BCUT2D eigenvalue weighted by Gasteiger charge is -2.06. The van der Waals surface area contributed by atoms with Crippen LogP contribution in [-0.4, -0.2) is 48.0 Å². The molecule has 66 valence electrons. The van der Waals surface area contributed by atoms with Crippen molar-refractivity contribution in [2.75, 3.05) is 20.1 Å². The second-order valence-corrected chi connectivity index (χ2v) is 2.44. The largest absolute Gasteiger partial charge is 0.480 e. The monoisotopic (exact) mass is 171 g/mol. The molecule has 0 unspecified atom stereocenters. The van der Waals surface area contributed by atoms with Crippen LogP contribution in [0.4, 0.5) is 0 Å². The molecule has 0 aromatic heterocycles. The molecule has 1 rings (SSSR count). The molecule has 1 heterocycles. The van der Waals surface area contributed by atoms with Gasteiger partial charge in [-0.05, 0) is 0 Å². The molecule has 0 spiro atoms. The molecule has 6 nitrogen and oxygen atoms in total. The molecule has 12 heavy (non-hydrogen) atoms. The molecule has 1 saturated heterocycles. The van der Waals surface area contributed by atoms with E-state index in [1.54, 1.807) is 11.9 Å². The molecule has 1 fully saturated rings. The van der Waals surface area contributed by atoms with E-state index >= 15 is 0 Å². The summed E-state index contributed by atoms with van der Waals surface area (Å²) in [7, 11) is 1.67. The Bertz CT molecular complexity index is 248. The number of nitrogens with one attached hydrogen (secondary N) is 1. The number of guanidine groups is 1. The van der Waals surface area contributed by atoms with Crippen LogP contribution in [0.15, 0.2) is 4.99 Å². The first-order chi connectivity index (χ1) is 5.59. The van der Waals surface area contributed by atoms with Crippen molar-refractivity contribution in [1.29, 1.82) is 0 Å². The quantitative estimate of drug-likeness (QED) is 0.529. The van der Waals surface area contributed by atoms with E-state index in [-0.39, 0.29) is 19.0 Å². The van der Waals surface area contributed by atoms with Crippen molar-refractivity contribution in [2.45, 2.75) is 0 Å². The van der Waals surface area contributed by atoms with E-state index in [1.165, 1.54) is 0 Å². The Morgan fingerprint density at radius 2 is 2.50 bits per heavy atom. The maximum absolute atomic E-state index is 10.7. The molecule has 1 aliphatic rings. The maximum Gasteiger partial charge on any atom is 0.325 e. The predicted molar refractivity (Wildman–Crippen MR) is 40.7 cm³/mol. The molecule has 0 aromatic rings. The van der Waals surface area contributed by atoms with Crippen molar-refractivity contribution in [1.82, 2.24) is 10.2 Å². The molecular formula is C6H9N3O3. The molecule has 2 N–H and O–H groups in total. The number of aliphatic carboxylic acids is 1. The summed E-state index contributed by atoms with van der Waals surface area (Å²) in [6.45, 7) is -0.0849. The molecule has 0 bridgehead atoms. The van der Waals surface area contributed by atoms with Gasteiger partial charge in [-0.2, -0.15) is 0 Å². The van der Waals surface area contributed by atoms with Crippen LogP contribution in [0.3, 0.4) is 0 Å². The second-order valence-electron chi connectivity index (χ2n) is 2.44. The van der Waals surface area contributed by atoms with Crippen molar-refractivity contribution >= 4 is 17.8 Å². The van der Waals surface area contributed by atoms with Crippen LogP contribution >= 0.6 is 0 Å². The Hall–Kier alpha value is -1.59. The summed E-state index contributed by atoms with van der Waals surface area (Å²) in [6, 6.07) is 0. The second kappa shape index (κ2) is 3.21. The molecule has 0 aromatic carbocycles. The normalized spacial score (nSPS) is 19.9. The molecule has 1 amide bonds. The number of carbonyl (C=O) groups is 2. The van der Waals surface area contributed by atoms with Gasteiger partial charge in [-0.25, -0.2) is 4.99 Å². The minimum atomic E-state index is -1.02. The van der Waals surface area contributed by atoms with E-state index in [2.05, 4.69) is 10.3 Å². The van der Waals surface area contributed by atoms with E-state index in [0.717, 1.165) is 0 Å². The Morgan fingerprint density at radius 1 is 1.83 bits per heavy atom. The zero-order chi connectivity index (χ0) is 9.14. The van der Waals surface area contributed by atoms with Gasteiger partial charge in [-0.15, -0.1) is 0 Å². The van der Waals surface area contributed by atoms with Gasteiger partial charge >= 0.3 is 5.97 Å². The van der Waals surface area contributed by atoms with E-state index in [4.69, 9.17) is 5.11 Å². The lowest BCUT2D eigenvalue weighted by Crippen LogP contribution is -2.28. The van der Waals surface area contributed by atoms with Crippen molar-refractivity contribution in [3.05, 3.63) is 0 Å². The van der Waals surface area contributed by atoms with Gasteiger partial charge in [0.05, 0.1) is 6.54 Å². The Balaban J connectivity index is 2.57. The van der Waals surface area contributed by atoms with E-state index in [9.17, 15) is 9.59 Å². The SMILES string of the molecule is CN1CC(=O)NC1=NCC(=O)O. The number of nitrogens with zero attached hydrogens (tertiary/aromatic N) is 2. The minimum absolute atomic E-state index is 0.165. The number of rotatable bonds is 2. The Morgan fingerprint density at radius 3 is 2.92 bits per heavy atom. The fraction of sp³-hybridized carbons (Fsp3) is 0.500. The fourth-order valence-electron chi connectivity index (χ4n) is 0.853. The number of likely N-dealkylation sites (N-methyl/N-ethyl adjacent to an activating group) is 1. The average Bonchev–Trinajstić information content (AvgIpc) is 2.26. The van der Waals surface area contributed by atoms with E-state index < -0.39 is 5.97 Å². The molecule has 0 saturated carbocycles. The highest BCUT2D eigenvalue weighted by molar-refractivity contribution is 6.04. The van der Waals surface area contributed by atoms with Gasteiger partial charge in [0.15, 0.2) is 0 Å². The summed E-state index contributed by atoms with van der Waals surface area (Å²) in [5.74, 6) is -0.860. The van der Waals surface area contributed by atoms with Crippen LogP contribution in [0, 0.1) is 0 Å². The van der Waals surface area contributed by atoms with Gasteiger partial charge in [0.1, 0.15) is 6.54 Å². The zero-order valence-electron chi connectivity index (χ0n) is 6.57. The number of hydrogen-bond acceptors (Lipinski definition) is 3. The van der Waals surface area contributed by atoms with Gasteiger partial charge in [-0.3, -0.25) is 14.9 Å². The van der Waals surface area contributed by atoms with Crippen molar-refractivity contribution < 1.29 is 14.7 Å². The third kappa shape index (κ3) is 1.94. The standard InChI is InChI=1S/C6H9N3O3/c1-9-3-4(10)8-6(9)7-2-5(11)12/h2-3H2,1H3,(H,11,12)(H,7,8,10). The first kappa shape index (κ1) is 8.51. The van der Waals surface area contributed by atoms with Crippen LogP contribution in [0.5, 0.6) is 0 Å². The van der Waals surface area contributed by atoms with Crippen LogP contribution in [0.2, 0.25) is 0 Å². The molecule has 1 aliphatic heterocycles. The number of amides is 1. The van der Waals surface area contributed by atoms with Gasteiger partial charge in [-0.1, -0.05) is 0 Å². The predicted octanol–water partition coefficient (Wildman–Crippen LogP) is -1.51. The van der Waals surface area contributed by atoms with Gasteiger partial charge in [0.25, 0.3) is 0 Å². The number of aliphatic imine (C=N–C) groups is 1. The number of hydrogen-bond donors (Lipinski definition) is 2. The minimum Gasteiger partial charge on any atom is -0.480 e. The molecule has 0 aliphatic carbocycles. The molecule has 0 atom stereocenters. The van der Waals surface area contributed by atoms with Crippen LogP contribution in [0.1, 0.15) is 0 Å². The van der Waals surface area contributed by atoms with Crippen molar-refractivity contribution in [2.24, 2.45) is 4.99 Å². The van der Waals surface area contributed by atoms with Crippen LogP contribution < -0.4 is 5.32 Å². The maximum atomic E-state index is 10.7. The number of carboxylic acids is 1. The highest BCUT2D eigenvalue weighted by Gasteiger charge is 2.20. The molecule has 6 heteroatoms. The lowest BCUT2D eigenvalue weighted by molar-refractivity contribution is -0.135. The summed E-state index contributed by atoms with van der Waals surface area (Å²) in [5, 5.41) is 10.7. The van der Waals surface area contributed by atoms with Crippen LogP contribution in [0.25, 0.3) is 0 Å². The molecular weight excluding hydrogens is 162 g/mol. The third-order valence-electron chi connectivity index (χ3n) is 1.36. The summed E-state index contributed by atoms with van der Waals surface area (Å²) in [4.78, 5) is 26.1. The average molecular weight is 171 g/mol. The van der Waals surface area contributed by atoms with Gasteiger partial charge in [0.2, 0.25) is 11.9 Å². The Kier molecular flexibility index (Phi) is 2.27. The van der Waals surface area contributed by atoms with Gasteiger partial charge < -0.3 is 10.0 Å². The highest BCUT2D eigenvalue weighted by atomic mass is 16.4. The van der Waals surface area contributed by atoms with Gasteiger partial charge in [0, 0.05) is 7.05 Å². The Labute approximate surface area is 68.9 Å². The smallest absolute Gasteiger partial charge is 0.325 e. The first-order valence-electron chi connectivity index (χ1n) is 3.37. The van der Waals surface area contributed by atoms with Crippen molar-refractivity contribution in [3.63, 3.8) is 0 Å². The summed E-state index contributed by atoms with van der Waals surface area (Å²) >= 11 is 0. The summed E-state index contributed by atoms with van der Waals surface area (Å²) in [5.41, 5.74) is 0.